The van der Waals surface area contributed by atoms with Gasteiger partial charge in [-0.15, -0.1) is 10.0 Å². The van der Waals surface area contributed by atoms with Crippen LogP contribution in [-0.2, 0) is 14.3 Å². The molecule has 0 aromatic heterocycles. The second-order valence-electron chi connectivity index (χ2n) is 8.63. The zero-order valence-electron chi connectivity index (χ0n) is 18.9. The van der Waals surface area contributed by atoms with Gasteiger partial charge in [0.2, 0.25) is 5.91 Å². The fourth-order valence-electron chi connectivity index (χ4n) is 2.06. The summed E-state index contributed by atoms with van der Waals surface area (Å²) in [7, 11) is 3.33. The van der Waals surface area contributed by atoms with Crippen molar-refractivity contribution in [1.29, 1.82) is 0 Å². The number of urea groups is 1. The normalized spacial score (nSPS) is 15.1. The fraction of sp³-hybridized carbons (Fsp3) is 0.667. The molecule has 0 spiro atoms. The lowest BCUT2D eigenvalue weighted by Crippen LogP contribution is -2.61. The molecule has 1 heterocycles. The number of hydrazine groups is 1. The molecule has 0 aromatic carbocycles. The van der Waals surface area contributed by atoms with Crippen molar-refractivity contribution in [3.63, 3.8) is 0 Å². The number of carbonyl (C=O) groups excluding carboxylic acids is 4. The molecule has 5 amide bonds. The van der Waals surface area contributed by atoms with Crippen LogP contribution in [0.15, 0.2) is 10.2 Å². The van der Waals surface area contributed by atoms with Crippen molar-refractivity contribution in [3.05, 3.63) is 0 Å². The molecule has 0 aliphatic carbocycles. The van der Waals surface area contributed by atoms with E-state index in [-0.39, 0.29) is 12.3 Å². The predicted octanol–water partition coefficient (Wildman–Crippen LogP) is 2.26. The van der Waals surface area contributed by atoms with Crippen LogP contribution in [0.4, 0.5) is 14.4 Å². The summed E-state index contributed by atoms with van der Waals surface area (Å²) in [5.41, 5.74) is -1.69. The Hall–Kier alpha value is -3.18. The van der Waals surface area contributed by atoms with Gasteiger partial charge in [0.25, 0.3) is 0 Å². The molecule has 0 atom stereocenters. The number of hydrazone groups is 2. The average molecular weight is 426 g/mol. The topological polar surface area (TPSA) is 124 Å². The minimum Gasteiger partial charge on any atom is -0.442 e. The van der Waals surface area contributed by atoms with E-state index in [2.05, 4.69) is 10.2 Å². The van der Waals surface area contributed by atoms with Gasteiger partial charge in [-0.2, -0.15) is 10.2 Å². The molecule has 0 unspecified atom stereocenters. The monoisotopic (exact) mass is 426 g/mol. The van der Waals surface area contributed by atoms with Gasteiger partial charge in [-0.1, -0.05) is 0 Å². The van der Waals surface area contributed by atoms with E-state index >= 15 is 0 Å². The van der Waals surface area contributed by atoms with Crippen molar-refractivity contribution in [2.75, 3.05) is 20.6 Å². The van der Waals surface area contributed by atoms with Gasteiger partial charge in [0.05, 0.1) is 12.8 Å². The van der Waals surface area contributed by atoms with Crippen LogP contribution in [0.25, 0.3) is 0 Å². The molecule has 1 rings (SSSR count). The first-order valence-electron chi connectivity index (χ1n) is 9.19. The average Bonchev–Trinajstić information content (AvgIpc) is 2.51. The lowest BCUT2D eigenvalue weighted by atomic mass is 10.2. The van der Waals surface area contributed by atoms with Gasteiger partial charge in [0, 0.05) is 21.0 Å². The van der Waals surface area contributed by atoms with Crippen molar-refractivity contribution in [3.8, 4) is 0 Å². The maximum atomic E-state index is 12.9. The predicted molar refractivity (Wildman–Crippen MR) is 109 cm³/mol. The highest BCUT2D eigenvalue weighted by atomic mass is 16.6. The maximum absolute atomic E-state index is 12.9. The van der Waals surface area contributed by atoms with Crippen LogP contribution in [0, 0.1) is 0 Å². The van der Waals surface area contributed by atoms with Gasteiger partial charge in [0.15, 0.2) is 0 Å². The van der Waals surface area contributed by atoms with E-state index in [1.165, 1.54) is 11.2 Å². The third kappa shape index (κ3) is 7.33. The number of nitrogens with zero attached hydrogens (tertiary/aromatic N) is 6. The molecule has 168 valence electrons. The highest BCUT2D eigenvalue weighted by Gasteiger charge is 2.42. The minimum atomic E-state index is -1.07. The summed E-state index contributed by atoms with van der Waals surface area (Å²) >= 11 is 0. The van der Waals surface area contributed by atoms with E-state index in [1.807, 2.05) is 0 Å². The highest BCUT2D eigenvalue weighted by Crippen LogP contribution is 2.19. The Labute approximate surface area is 176 Å². The van der Waals surface area contributed by atoms with Crippen molar-refractivity contribution >= 4 is 36.1 Å². The molecular weight excluding hydrogens is 396 g/mol. The summed E-state index contributed by atoms with van der Waals surface area (Å²) in [4.78, 5) is 50.3. The lowest BCUT2D eigenvalue weighted by Gasteiger charge is -2.37. The Kier molecular flexibility index (Phi) is 7.54. The standard InChI is InChI=1S/C18H30N6O6/c1-12(25)24(16(28)30-18(5,6)7)22-11-13(10-19-21(8)9)20-23(14(22)26)15(27)29-17(2,3)4/h10H,11H2,1-9H3. The van der Waals surface area contributed by atoms with Crippen LogP contribution < -0.4 is 0 Å². The zero-order chi connectivity index (χ0) is 23.4. The second-order valence-corrected chi connectivity index (χ2v) is 8.63. The zero-order valence-corrected chi connectivity index (χ0v) is 18.9. The molecular formula is C18H30N6O6. The molecule has 30 heavy (non-hydrogen) atoms. The van der Waals surface area contributed by atoms with Crippen LogP contribution >= 0.6 is 0 Å². The molecule has 12 nitrogen and oxygen atoms in total. The molecule has 0 N–H and O–H groups in total. The first-order chi connectivity index (χ1) is 13.5. The summed E-state index contributed by atoms with van der Waals surface area (Å²) in [5, 5.41) is 11.2. The van der Waals surface area contributed by atoms with Gasteiger partial charge in [-0.05, 0) is 41.5 Å². The number of amides is 5. The number of hydrogen-bond acceptors (Lipinski definition) is 9. The van der Waals surface area contributed by atoms with E-state index in [1.54, 1.807) is 55.6 Å². The van der Waals surface area contributed by atoms with Gasteiger partial charge < -0.3 is 14.5 Å². The SMILES string of the molecule is CC(=O)N(C(=O)OC(C)(C)C)N1CC(C=NN(C)C)=NN(C(=O)OC(C)(C)C)C1=O. The van der Waals surface area contributed by atoms with Gasteiger partial charge in [0.1, 0.15) is 16.9 Å². The van der Waals surface area contributed by atoms with Crippen molar-refractivity contribution < 1.29 is 28.7 Å². The highest BCUT2D eigenvalue weighted by molar-refractivity contribution is 6.32. The van der Waals surface area contributed by atoms with E-state index in [0.717, 1.165) is 11.9 Å². The summed E-state index contributed by atoms with van der Waals surface area (Å²) in [6, 6.07) is -1.05. The molecule has 0 aromatic rings. The van der Waals surface area contributed by atoms with E-state index < -0.39 is 35.3 Å². The summed E-state index contributed by atoms with van der Waals surface area (Å²) in [6.45, 7) is 10.5. The number of imide groups is 2. The Morgan fingerprint density at radius 1 is 1.07 bits per heavy atom. The third-order valence-electron chi connectivity index (χ3n) is 3.05. The van der Waals surface area contributed by atoms with Crippen LogP contribution in [0.5, 0.6) is 0 Å². The Balaban J connectivity index is 3.37. The van der Waals surface area contributed by atoms with E-state index in [0.29, 0.717) is 10.0 Å². The quantitative estimate of drug-likeness (QED) is 0.501. The Bertz CT molecular complexity index is 762. The second kappa shape index (κ2) is 9.09. The molecule has 0 radical (unpaired) electrons. The molecule has 1 aliphatic heterocycles. The number of rotatable bonds is 3. The third-order valence-corrected chi connectivity index (χ3v) is 3.05. The number of ether oxygens (including phenoxy) is 2. The molecule has 12 heteroatoms. The molecule has 0 bridgehead atoms. The van der Waals surface area contributed by atoms with Gasteiger partial charge in [-0.25, -0.2) is 19.4 Å². The van der Waals surface area contributed by atoms with Crippen molar-refractivity contribution in [2.24, 2.45) is 10.2 Å². The number of hydrogen-bond donors (Lipinski definition) is 0. The smallest absolute Gasteiger partial charge is 0.439 e. The summed E-state index contributed by atoms with van der Waals surface area (Å²) < 4.78 is 10.4. The summed E-state index contributed by atoms with van der Waals surface area (Å²) in [6.07, 6.45) is -0.844. The fourth-order valence-corrected chi connectivity index (χ4v) is 2.06. The molecule has 0 saturated heterocycles. The van der Waals surface area contributed by atoms with E-state index in [4.69, 9.17) is 9.47 Å². The molecule has 1 aliphatic rings. The van der Waals surface area contributed by atoms with E-state index in [9.17, 15) is 19.2 Å². The van der Waals surface area contributed by atoms with Crippen molar-refractivity contribution in [2.45, 2.75) is 59.7 Å². The first-order valence-corrected chi connectivity index (χ1v) is 9.19. The summed E-state index contributed by atoms with van der Waals surface area (Å²) in [5.74, 6) is -0.785. The van der Waals surface area contributed by atoms with Crippen LogP contribution in [0.1, 0.15) is 48.5 Å². The van der Waals surface area contributed by atoms with Crippen LogP contribution in [0.2, 0.25) is 0 Å². The largest absolute Gasteiger partial charge is 0.442 e. The van der Waals surface area contributed by atoms with Crippen LogP contribution in [0.3, 0.4) is 0 Å². The van der Waals surface area contributed by atoms with Crippen LogP contribution in [-0.4, -0.2) is 87.9 Å². The maximum Gasteiger partial charge on any atom is 0.439 e. The molecule has 0 fully saturated rings. The lowest BCUT2D eigenvalue weighted by molar-refractivity contribution is -0.140. The molecule has 0 saturated carbocycles. The Morgan fingerprint density at radius 2 is 1.60 bits per heavy atom. The number of carbonyl (C=O) groups is 4. The minimum absolute atomic E-state index is 0.129. The van der Waals surface area contributed by atoms with Gasteiger partial charge in [-0.3, -0.25) is 4.79 Å². The van der Waals surface area contributed by atoms with Gasteiger partial charge >= 0.3 is 18.2 Å². The Morgan fingerprint density at radius 3 is 2.03 bits per heavy atom. The first kappa shape index (κ1) is 24.9. The van der Waals surface area contributed by atoms with Crippen molar-refractivity contribution in [1.82, 2.24) is 20.0 Å².